The van der Waals surface area contributed by atoms with Gasteiger partial charge in [0.05, 0.1) is 36.8 Å². The minimum absolute atomic E-state index is 0. The second-order valence-electron chi connectivity index (χ2n) is 13.6. The van der Waals surface area contributed by atoms with Crippen LogP contribution in [-0.2, 0) is 14.1 Å². The molecule has 8 aromatic rings. The first-order valence-corrected chi connectivity index (χ1v) is 18.7. The molecule has 4 heterocycles. The van der Waals surface area contributed by atoms with Crippen molar-refractivity contribution in [2.75, 3.05) is 21.3 Å². The number of hydrogen-bond donors (Lipinski definition) is 7. The van der Waals surface area contributed by atoms with E-state index in [-0.39, 0.29) is 53.5 Å². The molecular weight excluding hydrogens is 841 g/mol. The Hall–Kier alpha value is -9.60. The topological polar surface area (TPSA) is 295 Å². The Labute approximate surface area is 368 Å². The molecule has 22 heteroatoms. The van der Waals surface area contributed by atoms with Crippen molar-refractivity contribution in [1.29, 1.82) is 0 Å². The molecule has 328 valence electrons. The first-order chi connectivity index (χ1) is 30.7. The lowest BCUT2D eigenvalue weighted by molar-refractivity contribution is -0.670. The quantitative estimate of drug-likeness (QED) is 0.0758. The van der Waals surface area contributed by atoms with Crippen molar-refractivity contribution >= 4 is 70.4 Å². The van der Waals surface area contributed by atoms with Gasteiger partial charge in [0.15, 0.2) is 0 Å². The Morgan fingerprint density at radius 1 is 0.462 bits per heavy atom. The van der Waals surface area contributed by atoms with Crippen molar-refractivity contribution < 1.29 is 48.7 Å². The highest BCUT2D eigenvalue weighted by Gasteiger charge is 2.16. The van der Waals surface area contributed by atoms with E-state index in [1.54, 1.807) is 82.7 Å². The van der Waals surface area contributed by atoms with Crippen molar-refractivity contribution in [3.8, 4) is 11.9 Å². The number of aromatic carboxylic acids is 4. The molecule has 7 N–H and O–H groups in total. The molecule has 8 rings (SSSR count). The van der Waals surface area contributed by atoms with Crippen LogP contribution in [-0.4, -0.2) is 78.2 Å². The fourth-order valence-corrected chi connectivity index (χ4v) is 5.62. The van der Waals surface area contributed by atoms with Crippen LogP contribution in [0.1, 0.15) is 48.9 Å². The number of aromatic nitrogens is 10. The van der Waals surface area contributed by atoms with Crippen LogP contribution >= 0.6 is 0 Å². The largest absolute Gasteiger partial charge is 0.545 e. The van der Waals surface area contributed by atoms with Crippen LogP contribution in [0.2, 0.25) is 0 Å². The third-order valence-electron chi connectivity index (χ3n) is 8.79. The summed E-state index contributed by atoms with van der Waals surface area (Å²) in [5, 5.41) is 50.3. The zero-order valence-electron chi connectivity index (χ0n) is 33.6. The van der Waals surface area contributed by atoms with E-state index in [1.165, 1.54) is 48.5 Å². The minimum atomic E-state index is -1.26. The Kier molecular flexibility index (Phi) is 13.7. The van der Waals surface area contributed by atoms with Crippen molar-refractivity contribution in [3.63, 3.8) is 0 Å². The number of carboxylic acid groups (broad SMARTS) is 4. The predicted octanol–water partition coefficient (Wildman–Crippen LogP) is 4.04. The Bertz CT molecular complexity index is 2620. The number of hydrogen-bond acceptors (Lipinski definition) is 15. The zero-order valence-corrected chi connectivity index (χ0v) is 33.6. The van der Waals surface area contributed by atoms with E-state index >= 15 is 0 Å². The molecule has 0 saturated carbocycles. The molecule has 0 aliphatic carbocycles. The molecule has 0 atom stereocenters. The molecule has 0 aliphatic rings. The zero-order chi connectivity index (χ0) is 45.3. The molecule has 0 fully saturated rings. The van der Waals surface area contributed by atoms with Gasteiger partial charge < -0.3 is 46.5 Å². The first kappa shape index (κ1) is 44.9. The predicted molar refractivity (Wildman–Crippen MR) is 231 cm³/mol. The molecule has 0 unspecified atom stereocenters. The van der Waals surface area contributed by atoms with Gasteiger partial charge in [-0.15, -0.1) is 0 Å². The average molecular weight is 880 g/mol. The van der Waals surface area contributed by atoms with Gasteiger partial charge in [-0.2, -0.15) is 39.0 Å². The molecular formula is C43H39N14O8+. The highest BCUT2D eigenvalue weighted by atomic mass is 16.4. The number of nitrogens with zero attached hydrogens (tertiary/aromatic N) is 10. The van der Waals surface area contributed by atoms with Crippen LogP contribution in [0.3, 0.4) is 0 Å². The molecule has 65 heavy (non-hydrogen) atoms. The van der Waals surface area contributed by atoms with Crippen LogP contribution in [0.25, 0.3) is 11.9 Å². The number of anilines is 8. The van der Waals surface area contributed by atoms with E-state index in [4.69, 9.17) is 15.3 Å². The number of imidazole rings is 2. The number of aryl methyl sites for hydroxylation is 2. The number of carbonyl (C=O) groups excluding carboxylic acids is 1. The summed E-state index contributed by atoms with van der Waals surface area (Å²) in [7, 11) is 3.73. The summed E-state index contributed by atoms with van der Waals surface area (Å²) in [6, 6.07) is 24.5. The Morgan fingerprint density at radius 3 is 0.938 bits per heavy atom. The van der Waals surface area contributed by atoms with E-state index in [0.29, 0.717) is 34.6 Å². The Balaban J connectivity index is 0.000000212. The summed E-state index contributed by atoms with van der Waals surface area (Å²) < 4.78 is 7.07. The number of nitrogens with one attached hydrogen (secondary N) is 4. The summed E-state index contributed by atoms with van der Waals surface area (Å²) >= 11 is 0. The fraction of sp³-hybridized carbons (Fsp3) is 0.0698. The monoisotopic (exact) mass is 879 g/mol. The maximum atomic E-state index is 11.1. The van der Waals surface area contributed by atoms with Gasteiger partial charge in [-0.3, -0.25) is 0 Å². The van der Waals surface area contributed by atoms with Crippen molar-refractivity contribution in [2.24, 2.45) is 14.1 Å². The van der Waals surface area contributed by atoms with Gasteiger partial charge in [0.1, 0.15) is 24.8 Å². The normalized spacial score (nSPS) is 10.4. The van der Waals surface area contributed by atoms with E-state index in [2.05, 4.69) is 51.2 Å². The van der Waals surface area contributed by atoms with Gasteiger partial charge >= 0.3 is 29.8 Å². The molecule has 0 radical (unpaired) electrons. The second kappa shape index (κ2) is 19.9. The average Bonchev–Trinajstić information content (AvgIpc) is 3.92. The number of carbonyl (C=O) groups is 4. The van der Waals surface area contributed by atoms with Gasteiger partial charge in [-0.05, 0) is 90.5 Å². The Morgan fingerprint density at radius 2 is 0.723 bits per heavy atom. The summed E-state index contributed by atoms with van der Waals surface area (Å²) in [6.07, 6.45) is 10.8. The maximum absolute atomic E-state index is 11.1. The van der Waals surface area contributed by atoms with E-state index in [0.717, 1.165) is 0 Å². The fourth-order valence-electron chi connectivity index (χ4n) is 5.62. The summed E-state index contributed by atoms with van der Waals surface area (Å²) in [6.45, 7) is 0. The smallest absolute Gasteiger partial charge is 0.335 e. The van der Waals surface area contributed by atoms with Crippen molar-refractivity contribution in [2.45, 2.75) is 7.43 Å². The number of benzene rings is 4. The van der Waals surface area contributed by atoms with E-state index in [1.807, 2.05) is 35.6 Å². The van der Waals surface area contributed by atoms with E-state index < -0.39 is 23.9 Å². The third kappa shape index (κ3) is 11.8. The van der Waals surface area contributed by atoms with Gasteiger partial charge in [0.25, 0.3) is 12.7 Å². The molecule has 0 aliphatic heterocycles. The second-order valence-corrected chi connectivity index (χ2v) is 13.6. The number of carboxylic acids is 4. The number of rotatable bonds is 14. The molecule has 0 saturated heterocycles. The van der Waals surface area contributed by atoms with Gasteiger partial charge in [-0.1, -0.05) is 19.6 Å². The molecule has 0 spiro atoms. The molecule has 0 amide bonds. The molecule has 22 nitrogen and oxygen atoms in total. The van der Waals surface area contributed by atoms with Gasteiger partial charge in [0.2, 0.25) is 23.8 Å². The van der Waals surface area contributed by atoms with Crippen molar-refractivity contribution in [3.05, 3.63) is 157 Å². The summed E-state index contributed by atoms with van der Waals surface area (Å²) in [5.41, 5.74) is 2.91. The lowest BCUT2D eigenvalue weighted by Gasteiger charge is -2.10. The standard InChI is InChI=1S/2C21H17N7O4.CH4/c2*1-27-10-11-28(12-27)21-25-19(22-15-6-2-13(3-7-15)17(29)30)24-20(26-21)23-16-8-4-14(5-9-16)18(31)32;/h2*2-12H,1H3,(H3-,22,23,24,25,26,29,30,31,32);1H4/p+1. The maximum Gasteiger partial charge on any atom is 0.335 e. The summed E-state index contributed by atoms with van der Waals surface area (Å²) in [4.78, 5) is 70.5. The first-order valence-electron chi connectivity index (χ1n) is 18.7. The van der Waals surface area contributed by atoms with Crippen LogP contribution in [0.4, 0.5) is 46.5 Å². The molecule has 0 bridgehead atoms. The van der Waals surface area contributed by atoms with Crippen molar-refractivity contribution in [1.82, 2.24) is 39.0 Å². The lowest BCUT2D eigenvalue weighted by Crippen LogP contribution is -2.23. The highest BCUT2D eigenvalue weighted by Crippen LogP contribution is 2.22. The van der Waals surface area contributed by atoms with Crippen LogP contribution < -0.4 is 35.5 Å². The molecule has 4 aromatic heterocycles. The minimum Gasteiger partial charge on any atom is -0.545 e. The van der Waals surface area contributed by atoms with Gasteiger partial charge in [-0.25, -0.2) is 23.5 Å². The van der Waals surface area contributed by atoms with Crippen LogP contribution in [0, 0.1) is 0 Å². The molecule has 4 aromatic carbocycles. The highest BCUT2D eigenvalue weighted by molar-refractivity contribution is 5.89. The van der Waals surface area contributed by atoms with Crippen LogP contribution in [0.15, 0.2) is 135 Å². The van der Waals surface area contributed by atoms with Crippen LogP contribution in [0.5, 0.6) is 0 Å². The lowest BCUT2D eigenvalue weighted by atomic mass is 10.2. The SMILES string of the molecule is C.C[n+]1ccn(-c2nc(Nc3ccc(C(=O)O)cc3)nc(Nc3ccc(C(=O)O)cc3)n2)c1.C[n+]1ccn(-c2nc(Nc3ccc(C(=O)[O-])cc3)nc(Nc3ccc(C(=O)O)cc3)n2)c1. The third-order valence-corrected chi connectivity index (χ3v) is 8.79. The van der Waals surface area contributed by atoms with Gasteiger partial charge in [0, 0.05) is 22.7 Å². The summed E-state index contributed by atoms with van der Waals surface area (Å²) in [5.74, 6) is -2.72. The van der Waals surface area contributed by atoms with E-state index in [9.17, 15) is 24.3 Å².